The van der Waals surface area contributed by atoms with Crippen molar-refractivity contribution in [1.82, 2.24) is 24.2 Å². The zero-order chi connectivity index (χ0) is 28.2. The molecule has 1 amide bonds. The van der Waals surface area contributed by atoms with E-state index < -0.39 is 30.5 Å². The number of aryl methyl sites for hydroxylation is 1. The Morgan fingerprint density at radius 3 is 2.56 bits per heavy atom. The second-order valence-electron chi connectivity index (χ2n) is 9.14. The number of halogens is 6. The molecule has 1 saturated heterocycles. The highest BCUT2D eigenvalue weighted by Crippen LogP contribution is 2.28. The number of carbonyl (C=O) groups is 1. The Morgan fingerprint density at radius 1 is 1.13 bits per heavy atom. The minimum absolute atomic E-state index is 0.0517. The summed E-state index contributed by atoms with van der Waals surface area (Å²) in [4.78, 5) is 26.2. The van der Waals surface area contributed by atoms with Gasteiger partial charge in [0.2, 0.25) is 5.88 Å². The van der Waals surface area contributed by atoms with Gasteiger partial charge in [-0.05, 0) is 43.9 Å². The molecule has 1 aliphatic rings. The van der Waals surface area contributed by atoms with Crippen LogP contribution in [-0.4, -0.2) is 62.6 Å². The lowest BCUT2D eigenvalue weighted by molar-refractivity contribution is -0.150. The van der Waals surface area contributed by atoms with Crippen molar-refractivity contribution < 1.29 is 35.9 Å². The topological polar surface area (TPSA) is 93.1 Å². The van der Waals surface area contributed by atoms with Crippen LogP contribution in [0, 0.1) is 12.8 Å². The summed E-state index contributed by atoms with van der Waals surface area (Å²) in [6, 6.07) is 3.12. The quantitative estimate of drug-likeness (QED) is 0.372. The third-order valence-electron chi connectivity index (χ3n) is 5.97. The molecule has 1 fully saturated rings. The SMILES string of the molecule is Cc1nsc(Cc2cnc(C(F)(F)F)cn2)c1C(=O)Nc1ccc(OC[C@@H]2CCCN(CC(F)(F)F)C2)nc1. The number of hydrogen-bond acceptors (Lipinski definition) is 8. The van der Waals surface area contributed by atoms with Gasteiger partial charge in [0.05, 0.1) is 48.2 Å². The Morgan fingerprint density at radius 2 is 1.92 bits per heavy atom. The van der Waals surface area contributed by atoms with Gasteiger partial charge in [-0.1, -0.05) is 0 Å². The van der Waals surface area contributed by atoms with E-state index in [0.29, 0.717) is 42.0 Å². The van der Waals surface area contributed by atoms with Gasteiger partial charge in [-0.25, -0.2) is 9.97 Å². The number of pyridine rings is 1. The molecule has 0 unspecified atom stereocenters. The molecule has 0 spiro atoms. The first-order valence-corrected chi connectivity index (χ1v) is 12.7. The van der Waals surface area contributed by atoms with Gasteiger partial charge >= 0.3 is 12.4 Å². The highest BCUT2D eigenvalue weighted by molar-refractivity contribution is 7.06. The number of likely N-dealkylation sites (tertiary alicyclic amines) is 1. The fourth-order valence-corrected chi connectivity index (χ4v) is 5.09. The third kappa shape index (κ3) is 8.08. The standard InChI is InChI=1S/C24H24F6N6O2S/c1-14-21(18(39-35-14)7-17-9-32-19(10-31-17)24(28,29)30)22(37)34-16-4-5-20(33-8-16)38-12-15-3-2-6-36(11-15)13-23(25,26)27/h4-5,8-10,15H,2-3,6-7,11-13H2,1H3,(H,34,37)/t15-/m1/s1. The van der Waals surface area contributed by atoms with Crippen LogP contribution in [0.4, 0.5) is 32.0 Å². The van der Waals surface area contributed by atoms with E-state index in [2.05, 4.69) is 24.6 Å². The number of amides is 1. The lowest BCUT2D eigenvalue weighted by atomic mass is 9.99. The molecule has 210 valence electrons. The molecular weight excluding hydrogens is 550 g/mol. The van der Waals surface area contributed by atoms with Crippen molar-refractivity contribution in [3.05, 3.63) is 58.2 Å². The minimum Gasteiger partial charge on any atom is -0.477 e. The van der Waals surface area contributed by atoms with E-state index in [1.54, 1.807) is 19.1 Å². The third-order valence-corrected chi connectivity index (χ3v) is 6.90. The van der Waals surface area contributed by atoms with Crippen LogP contribution >= 0.6 is 11.5 Å². The molecule has 1 N–H and O–H groups in total. The summed E-state index contributed by atoms with van der Waals surface area (Å²) in [6.45, 7) is 1.63. The maximum atomic E-state index is 13.0. The van der Waals surface area contributed by atoms with Crippen LogP contribution in [-0.2, 0) is 12.6 Å². The summed E-state index contributed by atoms with van der Waals surface area (Å²) >= 11 is 1.04. The summed E-state index contributed by atoms with van der Waals surface area (Å²) in [5.41, 5.74) is 0.248. The predicted octanol–water partition coefficient (Wildman–Crippen LogP) is 5.15. The Bertz CT molecular complexity index is 1260. The van der Waals surface area contributed by atoms with Crippen molar-refractivity contribution in [2.24, 2.45) is 5.92 Å². The van der Waals surface area contributed by atoms with Gasteiger partial charge in [-0.15, -0.1) is 0 Å². The Kier molecular flexibility index (Phi) is 8.69. The summed E-state index contributed by atoms with van der Waals surface area (Å²) < 4.78 is 86.1. The predicted molar refractivity (Wildman–Crippen MR) is 130 cm³/mol. The number of rotatable bonds is 8. The monoisotopic (exact) mass is 574 g/mol. The van der Waals surface area contributed by atoms with E-state index in [4.69, 9.17) is 4.74 Å². The van der Waals surface area contributed by atoms with Crippen LogP contribution in [0.3, 0.4) is 0 Å². The number of anilines is 1. The maximum absolute atomic E-state index is 13.0. The van der Waals surface area contributed by atoms with Crippen molar-refractivity contribution in [3.63, 3.8) is 0 Å². The molecule has 1 atom stereocenters. The first-order chi connectivity index (χ1) is 18.4. The van der Waals surface area contributed by atoms with E-state index in [1.165, 1.54) is 11.1 Å². The van der Waals surface area contributed by atoms with Crippen LogP contribution in [0.1, 0.15) is 45.2 Å². The molecule has 0 radical (unpaired) electrons. The number of hydrogen-bond donors (Lipinski definition) is 1. The van der Waals surface area contributed by atoms with Gasteiger partial charge in [0.15, 0.2) is 5.69 Å². The average Bonchev–Trinajstić information content (AvgIpc) is 3.22. The highest BCUT2D eigenvalue weighted by atomic mass is 32.1. The first kappa shape index (κ1) is 28.7. The van der Waals surface area contributed by atoms with Gasteiger partial charge in [-0.2, -0.15) is 30.7 Å². The summed E-state index contributed by atoms with van der Waals surface area (Å²) in [5, 5.41) is 2.71. The van der Waals surface area contributed by atoms with Crippen molar-refractivity contribution in [3.8, 4) is 5.88 Å². The second-order valence-corrected chi connectivity index (χ2v) is 10.0. The molecule has 39 heavy (non-hydrogen) atoms. The van der Waals surface area contributed by atoms with Crippen molar-refractivity contribution in [2.45, 2.75) is 38.5 Å². The number of nitrogens with zero attached hydrogens (tertiary/aromatic N) is 5. The van der Waals surface area contributed by atoms with Gasteiger partial charge in [0.25, 0.3) is 5.91 Å². The van der Waals surface area contributed by atoms with E-state index in [0.717, 1.165) is 24.2 Å². The van der Waals surface area contributed by atoms with E-state index in [-0.39, 0.29) is 36.1 Å². The normalized spacial score (nSPS) is 16.7. The molecule has 0 saturated carbocycles. The van der Waals surface area contributed by atoms with Gasteiger partial charge < -0.3 is 10.1 Å². The highest BCUT2D eigenvalue weighted by Gasteiger charge is 2.34. The molecule has 4 heterocycles. The van der Waals surface area contributed by atoms with Gasteiger partial charge in [0.1, 0.15) is 0 Å². The molecule has 3 aromatic rings. The van der Waals surface area contributed by atoms with E-state index >= 15 is 0 Å². The summed E-state index contributed by atoms with van der Waals surface area (Å²) in [6.07, 6.45) is -4.29. The summed E-state index contributed by atoms with van der Waals surface area (Å²) in [7, 11) is 0. The number of carbonyl (C=O) groups excluding carboxylic acids is 1. The number of piperidine rings is 1. The largest absolute Gasteiger partial charge is 0.477 e. The van der Waals surface area contributed by atoms with Crippen LogP contribution in [0.15, 0.2) is 30.7 Å². The Balaban J connectivity index is 1.33. The molecular formula is C24H24F6N6O2S. The van der Waals surface area contributed by atoms with E-state index in [1.807, 2.05) is 0 Å². The molecule has 1 aliphatic heterocycles. The fourth-order valence-electron chi connectivity index (χ4n) is 4.21. The zero-order valence-corrected chi connectivity index (χ0v) is 21.5. The Labute approximate surface area is 223 Å². The first-order valence-electron chi connectivity index (χ1n) is 11.9. The fraction of sp³-hybridized carbons (Fsp3) is 0.458. The smallest absolute Gasteiger partial charge is 0.434 e. The molecule has 8 nitrogen and oxygen atoms in total. The average molecular weight is 575 g/mol. The number of ether oxygens (including phenoxy) is 1. The van der Waals surface area contributed by atoms with Crippen molar-refractivity contribution in [2.75, 3.05) is 31.6 Å². The van der Waals surface area contributed by atoms with Crippen LogP contribution in [0.25, 0.3) is 0 Å². The Hall–Kier alpha value is -3.33. The molecule has 4 rings (SSSR count). The maximum Gasteiger partial charge on any atom is 0.434 e. The number of aromatic nitrogens is 4. The number of alkyl halides is 6. The summed E-state index contributed by atoms with van der Waals surface area (Å²) in [5.74, 6) is -0.251. The van der Waals surface area contributed by atoms with E-state index in [9.17, 15) is 31.1 Å². The van der Waals surface area contributed by atoms with Crippen LogP contribution in [0.5, 0.6) is 5.88 Å². The van der Waals surface area contributed by atoms with Crippen LogP contribution in [0.2, 0.25) is 0 Å². The minimum atomic E-state index is -4.60. The second kappa shape index (κ2) is 11.8. The molecule has 15 heteroatoms. The van der Waals surface area contributed by atoms with Gasteiger partial charge in [-0.3, -0.25) is 14.7 Å². The molecule has 0 aromatic carbocycles. The molecule has 0 bridgehead atoms. The van der Waals surface area contributed by atoms with Gasteiger partial charge in [0, 0.05) is 36.0 Å². The lowest BCUT2D eigenvalue weighted by Gasteiger charge is -2.32. The molecule has 3 aromatic heterocycles. The van der Waals surface area contributed by atoms with Crippen molar-refractivity contribution >= 4 is 23.1 Å². The molecule has 0 aliphatic carbocycles. The zero-order valence-electron chi connectivity index (χ0n) is 20.6. The van der Waals surface area contributed by atoms with Crippen molar-refractivity contribution in [1.29, 1.82) is 0 Å². The van der Waals surface area contributed by atoms with Crippen LogP contribution < -0.4 is 10.1 Å². The number of nitrogens with one attached hydrogen (secondary N) is 1. The lowest BCUT2D eigenvalue weighted by Crippen LogP contribution is -2.42.